The van der Waals surface area contributed by atoms with E-state index >= 15 is 0 Å². The maximum atomic E-state index is 12.2. The van der Waals surface area contributed by atoms with Gasteiger partial charge in [0.2, 0.25) is 0 Å². The Morgan fingerprint density at radius 2 is 2.20 bits per heavy atom. The summed E-state index contributed by atoms with van der Waals surface area (Å²) >= 11 is 1.47. The number of thiophene rings is 1. The zero-order valence-corrected chi connectivity index (χ0v) is 12.3. The summed E-state index contributed by atoms with van der Waals surface area (Å²) in [5.41, 5.74) is 9.68. The summed E-state index contributed by atoms with van der Waals surface area (Å²) in [5.74, 6) is -0.332. The number of carbonyl (C=O) groups excluding carboxylic acids is 1. The minimum Gasteiger partial charge on any atom is -0.462 e. The second-order valence-electron chi connectivity index (χ2n) is 4.73. The summed E-state index contributed by atoms with van der Waals surface area (Å²) in [7, 11) is 2.04. The van der Waals surface area contributed by atoms with E-state index in [-0.39, 0.29) is 5.97 Å². The number of nitrogens with zero attached hydrogens (tertiary/aromatic N) is 1. The maximum absolute atomic E-state index is 12.2. The molecule has 2 heterocycles. The summed E-state index contributed by atoms with van der Waals surface area (Å²) in [6, 6.07) is 8.06. The average molecular weight is 288 g/mol. The molecule has 0 unspecified atom stereocenters. The molecular formula is C15H16N2O2S. The summed E-state index contributed by atoms with van der Waals surface area (Å²) < 4.78 is 5.15. The van der Waals surface area contributed by atoms with Crippen LogP contribution in [0.15, 0.2) is 24.3 Å². The number of nitrogens with two attached hydrogens (primary N) is 1. The Balaban J connectivity index is 2.22. The largest absolute Gasteiger partial charge is 0.462 e. The highest BCUT2D eigenvalue weighted by atomic mass is 32.1. The molecule has 0 fully saturated rings. The zero-order chi connectivity index (χ0) is 14.3. The van der Waals surface area contributed by atoms with Gasteiger partial charge in [-0.15, -0.1) is 11.3 Å². The second-order valence-corrected chi connectivity index (χ2v) is 5.87. The fraction of sp³-hybridized carbons (Fsp3) is 0.267. The van der Waals surface area contributed by atoms with E-state index in [0.29, 0.717) is 17.2 Å². The summed E-state index contributed by atoms with van der Waals surface area (Å²) in [6.45, 7) is 2.92. The molecule has 1 aliphatic heterocycles. The van der Waals surface area contributed by atoms with Crippen molar-refractivity contribution in [2.75, 3.05) is 24.3 Å². The van der Waals surface area contributed by atoms with Crippen molar-refractivity contribution in [3.05, 3.63) is 34.7 Å². The number of para-hydroxylation sites is 1. The monoisotopic (exact) mass is 288 g/mol. The fourth-order valence-electron chi connectivity index (χ4n) is 2.62. The minimum atomic E-state index is -0.332. The number of hydrogen-bond acceptors (Lipinski definition) is 5. The highest BCUT2D eigenvalue weighted by Gasteiger charge is 2.29. The molecule has 0 saturated carbocycles. The molecule has 0 aliphatic carbocycles. The van der Waals surface area contributed by atoms with E-state index in [0.717, 1.165) is 28.2 Å². The van der Waals surface area contributed by atoms with Gasteiger partial charge in [0, 0.05) is 28.7 Å². The molecule has 20 heavy (non-hydrogen) atoms. The number of ether oxygens (including phenoxy) is 1. The molecule has 5 heteroatoms. The van der Waals surface area contributed by atoms with Crippen molar-refractivity contribution in [1.82, 2.24) is 0 Å². The van der Waals surface area contributed by atoms with Crippen LogP contribution in [0.4, 0.5) is 10.7 Å². The predicted molar refractivity (Wildman–Crippen MR) is 82.2 cm³/mol. The number of nitrogen functional groups attached to an aromatic ring is 1. The van der Waals surface area contributed by atoms with Crippen molar-refractivity contribution in [2.24, 2.45) is 0 Å². The maximum Gasteiger partial charge on any atom is 0.341 e. The Morgan fingerprint density at radius 3 is 2.95 bits per heavy atom. The van der Waals surface area contributed by atoms with Crippen LogP contribution < -0.4 is 10.6 Å². The number of rotatable bonds is 2. The lowest BCUT2D eigenvalue weighted by Gasteiger charge is -2.27. The molecule has 0 atom stereocenters. The second kappa shape index (κ2) is 4.83. The highest BCUT2D eigenvalue weighted by molar-refractivity contribution is 7.17. The van der Waals surface area contributed by atoms with E-state index in [1.807, 2.05) is 25.2 Å². The number of fused-ring (bicyclic) bond motifs is 3. The quantitative estimate of drug-likeness (QED) is 0.863. The molecule has 2 N–H and O–H groups in total. The van der Waals surface area contributed by atoms with Crippen LogP contribution in [0.25, 0.3) is 11.1 Å². The molecule has 104 valence electrons. The van der Waals surface area contributed by atoms with Crippen LogP contribution in [0.3, 0.4) is 0 Å². The van der Waals surface area contributed by atoms with Gasteiger partial charge < -0.3 is 15.4 Å². The predicted octanol–water partition coefficient (Wildman–Crippen LogP) is 3.12. The summed E-state index contributed by atoms with van der Waals surface area (Å²) in [5, 5.41) is 0.540. The minimum absolute atomic E-state index is 0.332. The van der Waals surface area contributed by atoms with Crippen LogP contribution in [-0.4, -0.2) is 19.6 Å². The van der Waals surface area contributed by atoms with Crippen LogP contribution in [0.5, 0.6) is 0 Å². The van der Waals surface area contributed by atoms with Gasteiger partial charge in [-0.05, 0) is 13.0 Å². The summed E-state index contributed by atoms with van der Waals surface area (Å²) in [4.78, 5) is 15.5. The van der Waals surface area contributed by atoms with Gasteiger partial charge in [0.1, 0.15) is 10.6 Å². The lowest BCUT2D eigenvalue weighted by atomic mass is 9.96. The van der Waals surface area contributed by atoms with E-state index in [1.165, 1.54) is 11.3 Å². The molecule has 2 aromatic rings. The van der Waals surface area contributed by atoms with Gasteiger partial charge in [0.25, 0.3) is 0 Å². The van der Waals surface area contributed by atoms with Gasteiger partial charge in [-0.2, -0.15) is 0 Å². The number of esters is 1. The van der Waals surface area contributed by atoms with Crippen LogP contribution in [0, 0.1) is 0 Å². The Kier molecular flexibility index (Phi) is 3.14. The van der Waals surface area contributed by atoms with E-state index < -0.39 is 0 Å². The third kappa shape index (κ3) is 1.86. The van der Waals surface area contributed by atoms with E-state index in [2.05, 4.69) is 11.0 Å². The summed E-state index contributed by atoms with van der Waals surface area (Å²) in [6.07, 6.45) is 0. The lowest BCUT2D eigenvalue weighted by molar-refractivity contribution is 0.0529. The number of benzene rings is 1. The molecule has 0 amide bonds. The number of hydrogen-bond donors (Lipinski definition) is 1. The van der Waals surface area contributed by atoms with Crippen LogP contribution >= 0.6 is 11.3 Å². The third-order valence-electron chi connectivity index (χ3n) is 3.45. The Labute approximate surface area is 121 Å². The van der Waals surface area contributed by atoms with Gasteiger partial charge in [0.05, 0.1) is 13.2 Å². The van der Waals surface area contributed by atoms with E-state index in [1.54, 1.807) is 6.92 Å². The Hall–Kier alpha value is -2.01. The number of anilines is 2. The topological polar surface area (TPSA) is 55.6 Å². The first-order valence-corrected chi connectivity index (χ1v) is 7.34. The first-order valence-electron chi connectivity index (χ1n) is 6.52. The van der Waals surface area contributed by atoms with E-state index in [9.17, 15) is 4.79 Å². The molecule has 3 rings (SSSR count). The third-order valence-corrected chi connectivity index (χ3v) is 4.46. The molecule has 1 aromatic carbocycles. The van der Waals surface area contributed by atoms with Gasteiger partial charge >= 0.3 is 5.97 Å². The van der Waals surface area contributed by atoms with Crippen molar-refractivity contribution in [2.45, 2.75) is 13.5 Å². The van der Waals surface area contributed by atoms with Crippen LogP contribution in [-0.2, 0) is 11.3 Å². The molecule has 0 bridgehead atoms. The normalized spacial score (nSPS) is 12.8. The molecule has 1 aliphatic rings. The van der Waals surface area contributed by atoms with Crippen LogP contribution in [0.2, 0.25) is 0 Å². The highest BCUT2D eigenvalue weighted by Crippen LogP contribution is 2.46. The molecule has 1 aromatic heterocycles. The van der Waals surface area contributed by atoms with Crippen molar-refractivity contribution in [1.29, 1.82) is 0 Å². The van der Waals surface area contributed by atoms with Gasteiger partial charge in [-0.25, -0.2) is 4.79 Å². The van der Waals surface area contributed by atoms with Crippen molar-refractivity contribution < 1.29 is 9.53 Å². The lowest BCUT2D eigenvalue weighted by Crippen LogP contribution is -2.21. The number of carbonyl (C=O) groups is 1. The SMILES string of the molecule is CCOC(=O)c1c(N)sc2c1-c1ccccc1N(C)C2. The molecular weight excluding hydrogens is 272 g/mol. The van der Waals surface area contributed by atoms with Crippen molar-refractivity contribution in [3.8, 4) is 11.1 Å². The Morgan fingerprint density at radius 1 is 1.45 bits per heavy atom. The smallest absolute Gasteiger partial charge is 0.341 e. The van der Waals surface area contributed by atoms with Crippen molar-refractivity contribution in [3.63, 3.8) is 0 Å². The standard InChI is InChI=1S/C15H16N2O2S/c1-3-19-15(18)13-12-9-6-4-5-7-10(9)17(2)8-11(12)20-14(13)16/h4-7H,3,8,16H2,1-2H3. The average Bonchev–Trinajstić information content (AvgIpc) is 2.75. The fourth-order valence-corrected chi connectivity index (χ4v) is 3.74. The van der Waals surface area contributed by atoms with Gasteiger partial charge in [0.15, 0.2) is 0 Å². The zero-order valence-electron chi connectivity index (χ0n) is 11.5. The van der Waals surface area contributed by atoms with Crippen molar-refractivity contribution >= 4 is 28.0 Å². The van der Waals surface area contributed by atoms with Gasteiger partial charge in [-0.1, -0.05) is 18.2 Å². The molecule has 0 saturated heterocycles. The Bertz CT molecular complexity index is 679. The molecule has 0 radical (unpaired) electrons. The molecule has 4 nitrogen and oxygen atoms in total. The molecule has 0 spiro atoms. The first-order chi connectivity index (χ1) is 9.63. The van der Waals surface area contributed by atoms with Gasteiger partial charge in [-0.3, -0.25) is 0 Å². The van der Waals surface area contributed by atoms with E-state index in [4.69, 9.17) is 10.5 Å². The first kappa shape index (κ1) is 13.0. The van der Waals surface area contributed by atoms with Crippen LogP contribution in [0.1, 0.15) is 22.2 Å².